The van der Waals surface area contributed by atoms with E-state index in [0.29, 0.717) is 17.9 Å². The Morgan fingerprint density at radius 3 is 2.24 bits per heavy atom. The van der Waals surface area contributed by atoms with Gasteiger partial charge in [0.2, 0.25) is 0 Å². The first-order valence-corrected chi connectivity index (χ1v) is 7.66. The van der Waals surface area contributed by atoms with Gasteiger partial charge in [-0.3, -0.25) is 0 Å². The zero-order valence-electron chi connectivity index (χ0n) is 13.5. The Kier molecular flexibility index (Phi) is 6.53. The Labute approximate surface area is 126 Å². The molecule has 1 aromatic rings. The van der Waals surface area contributed by atoms with E-state index < -0.39 is 5.97 Å². The smallest absolute Gasteiger partial charge is 0.339 e. The van der Waals surface area contributed by atoms with Gasteiger partial charge in [-0.05, 0) is 44.2 Å². The van der Waals surface area contributed by atoms with E-state index in [4.69, 9.17) is 4.74 Å². The molecule has 1 rings (SSSR count). The van der Waals surface area contributed by atoms with E-state index in [0.717, 1.165) is 43.2 Å². The van der Waals surface area contributed by atoms with Crippen molar-refractivity contribution in [2.24, 2.45) is 0 Å². The van der Waals surface area contributed by atoms with Crippen LogP contribution in [0, 0.1) is 13.8 Å². The monoisotopic (exact) mass is 294 g/mol. The van der Waals surface area contributed by atoms with Gasteiger partial charge in [0.05, 0.1) is 6.61 Å². The molecule has 0 atom stereocenters. The molecule has 118 valence electrons. The van der Waals surface area contributed by atoms with Crippen molar-refractivity contribution in [3.63, 3.8) is 0 Å². The number of carboxylic acid groups (broad SMARTS) is 1. The van der Waals surface area contributed by atoms with Gasteiger partial charge in [0, 0.05) is 5.56 Å². The van der Waals surface area contributed by atoms with Crippen molar-refractivity contribution in [2.75, 3.05) is 6.61 Å². The normalized spacial score (nSPS) is 10.7. The molecule has 2 N–H and O–H groups in total. The molecule has 0 radical (unpaired) electrons. The fraction of sp³-hybridized carbons (Fsp3) is 0.588. The Morgan fingerprint density at radius 2 is 1.71 bits per heavy atom. The first-order chi connectivity index (χ1) is 9.95. The van der Waals surface area contributed by atoms with Crippen molar-refractivity contribution in [3.8, 4) is 11.5 Å². The summed E-state index contributed by atoms with van der Waals surface area (Å²) in [7, 11) is 0. The Bertz CT molecular complexity index is 506. The van der Waals surface area contributed by atoms with Gasteiger partial charge in [-0.2, -0.15) is 0 Å². The minimum absolute atomic E-state index is 0.0424. The zero-order chi connectivity index (χ0) is 16.0. The van der Waals surface area contributed by atoms with Crippen LogP contribution < -0.4 is 4.74 Å². The molecule has 0 bridgehead atoms. The van der Waals surface area contributed by atoms with E-state index in [9.17, 15) is 15.0 Å². The van der Waals surface area contributed by atoms with Gasteiger partial charge >= 0.3 is 5.97 Å². The molecule has 0 saturated heterocycles. The van der Waals surface area contributed by atoms with E-state index in [1.165, 1.54) is 0 Å². The van der Waals surface area contributed by atoms with E-state index in [2.05, 4.69) is 13.8 Å². The van der Waals surface area contributed by atoms with Gasteiger partial charge in [-0.1, -0.05) is 26.7 Å². The number of unbranched alkanes of at least 4 members (excludes halogenated alkanes) is 2. The second-order valence-electron chi connectivity index (χ2n) is 5.39. The third-order valence-corrected chi connectivity index (χ3v) is 3.85. The van der Waals surface area contributed by atoms with Crippen LogP contribution >= 0.6 is 0 Å². The Balaban J connectivity index is 3.35. The van der Waals surface area contributed by atoms with Crippen LogP contribution in [0.15, 0.2) is 0 Å². The maximum atomic E-state index is 11.4. The summed E-state index contributed by atoms with van der Waals surface area (Å²) in [5, 5.41) is 19.7. The molecule has 0 saturated carbocycles. The third-order valence-electron chi connectivity index (χ3n) is 3.85. The van der Waals surface area contributed by atoms with Gasteiger partial charge in [0.25, 0.3) is 0 Å². The highest BCUT2D eigenvalue weighted by Gasteiger charge is 2.24. The van der Waals surface area contributed by atoms with Crippen LogP contribution in [-0.4, -0.2) is 22.8 Å². The molecule has 0 fully saturated rings. The summed E-state index contributed by atoms with van der Waals surface area (Å²) in [6.07, 6.45) is 4.67. The van der Waals surface area contributed by atoms with Crippen LogP contribution in [-0.2, 0) is 6.42 Å². The summed E-state index contributed by atoms with van der Waals surface area (Å²) in [6.45, 7) is 8.29. The van der Waals surface area contributed by atoms with Crippen LogP contribution in [0.2, 0.25) is 0 Å². The lowest BCUT2D eigenvalue weighted by Gasteiger charge is -2.19. The van der Waals surface area contributed by atoms with Crippen molar-refractivity contribution in [3.05, 3.63) is 22.3 Å². The summed E-state index contributed by atoms with van der Waals surface area (Å²) in [5.41, 5.74) is 2.42. The second-order valence-corrected chi connectivity index (χ2v) is 5.39. The van der Waals surface area contributed by atoms with E-state index in [-0.39, 0.29) is 11.3 Å². The molecule has 4 heteroatoms. The molecule has 0 amide bonds. The molecule has 0 unspecified atom stereocenters. The number of carboxylic acids is 1. The molecule has 0 aromatic heterocycles. The molecule has 0 aliphatic carbocycles. The van der Waals surface area contributed by atoms with Crippen molar-refractivity contribution in [2.45, 2.75) is 59.8 Å². The molecule has 0 aliphatic rings. The lowest BCUT2D eigenvalue weighted by Crippen LogP contribution is -2.09. The maximum absolute atomic E-state index is 11.4. The van der Waals surface area contributed by atoms with Crippen molar-refractivity contribution < 1.29 is 19.7 Å². The van der Waals surface area contributed by atoms with Gasteiger partial charge in [0.15, 0.2) is 11.5 Å². The first kappa shape index (κ1) is 17.3. The summed E-state index contributed by atoms with van der Waals surface area (Å²) < 4.78 is 5.72. The largest absolute Gasteiger partial charge is 0.504 e. The lowest BCUT2D eigenvalue weighted by atomic mass is 9.93. The van der Waals surface area contributed by atoms with E-state index in [1.54, 1.807) is 6.92 Å². The minimum atomic E-state index is -1.12. The van der Waals surface area contributed by atoms with Gasteiger partial charge < -0.3 is 14.9 Å². The average Bonchev–Trinajstić information content (AvgIpc) is 2.43. The predicted molar refractivity (Wildman–Crippen MR) is 83.6 cm³/mol. The fourth-order valence-electron chi connectivity index (χ4n) is 2.41. The Morgan fingerprint density at radius 1 is 1.10 bits per heavy atom. The van der Waals surface area contributed by atoms with Crippen molar-refractivity contribution in [1.82, 2.24) is 0 Å². The molecular formula is C17H26O4. The van der Waals surface area contributed by atoms with Gasteiger partial charge in [-0.25, -0.2) is 4.79 Å². The fourth-order valence-corrected chi connectivity index (χ4v) is 2.41. The minimum Gasteiger partial charge on any atom is -0.504 e. The number of aromatic carboxylic acids is 1. The number of ether oxygens (including phenoxy) is 1. The standard InChI is InChI=1S/C17H26O4/c1-5-7-9-13-11(3)12(4)14(17(19)20)15(18)16(13)21-10-8-6-2/h18H,5-10H2,1-4H3,(H,19,20). The average molecular weight is 294 g/mol. The number of carbonyl (C=O) groups is 1. The highest BCUT2D eigenvalue weighted by molar-refractivity contribution is 5.94. The number of benzene rings is 1. The number of hydrogen-bond donors (Lipinski definition) is 2. The number of hydrogen-bond acceptors (Lipinski definition) is 3. The van der Waals surface area contributed by atoms with Crippen LogP contribution in [0.3, 0.4) is 0 Å². The highest BCUT2D eigenvalue weighted by Crippen LogP contribution is 2.40. The molecule has 0 spiro atoms. The molecule has 4 nitrogen and oxygen atoms in total. The summed E-state index contributed by atoms with van der Waals surface area (Å²) in [5.74, 6) is -0.985. The van der Waals surface area contributed by atoms with Crippen LogP contribution in [0.1, 0.15) is 66.6 Å². The summed E-state index contributed by atoms with van der Waals surface area (Å²) in [4.78, 5) is 11.4. The van der Waals surface area contributed by atoms with Crippen LogP contribution in [0.5, 0.6) is 11.5 Å². The maximum Gasteiger partial charge on any atom is 0.339 e. The van der Waals surface area contributed by atoms with E-state index >= 15 is 0 Å². The van der Waals surface area contributed by atoms with Gasteiger partial charge in [0.1, 0.15) is 5.56 Å². The SMILES string of the molecule is CCCCOc1c(O)c(C(=O)O)c(C)c(C)c1CCCC. The molecule has 1 aromatic carbocycles. The summed E-state index contributed by atoms with van der Waals surface area (Å²) >= 11 is 0. The third kappa shape index (κ3) is 3.90. The number of rotatable bonds is 8. The van der Waals surface area contributed by atoms with Crippen molar-refractivity contribution in [1.29, 1.82) is 0 Å². The van der Waals surface area contributed by atoms with Gasteiger partial charge in [-0.15, -0.1) is 0 Å². The quantitative estimate of drug-likeness (QED) is 0.704. The number of phenols is 1. The number of aromatic hydroxyl groups is 1. The molecule has 0 aliphatic heterocycles. The lowest BCUT2D eigenvalue weighted by molar-refractivity contribution is 0.0691. The van der Waals surface area contributed by atoms with E-state index in [1.807, 2.05) is 6.92 Å². The zero-order valence-corrected chi connectivity index (χ0v) is 13.5. The topological polar surface area (TPSA) is 66.8 Å². The Hall–Kier alpha value is -1.71. The highest BCUT2D eigenvalue weighted by atomic mass is 16.5. The molecular weight excluding hydrogens is 268 g/mol. The van der Waals surface area contributed by atoms with Crippen LogP contribution in [0.25, 0.3) is 0 Å². The van der Waals surface area contributed by atoms with Crippen LogP contribution in [0.4, 0.5) is 0 Å². The predicted octanol–water partition coefficient (Wildman–Crippen LogP) is 4.23. The molecule has 21 heavy (non-hydrogen) atoms. The second kappa shape index (κ2) is 7.91. The van der Waals surface area contributed by atoms with Crippen molar-refractivity contribution >= 4 is 5.97 Å². The molecule has 0 heterocycles. The summed E-state index contributed by atoms with van der Waals surface area (Å²) in [6, 6.07) is 0. The first-order valence-electron chi connectivity index (χ1n) is 7.66.